The van der Waals surface area contributed by atoms with Gasteiger partial charge < -0.3 is 25.6 Å². The smallest absolute Gasteiger partial charge is 0.262 e. The van der Waals surface area contributed by atoms with Gasteiger partial charge in [0.1, 0.15) is 11.5 Å². The van der Waals surface area contributed by atoms with Gasteiger partial charge in [-0.05, 0) is 24.3 Å². The minimum Gasteiger partial charge on any atom is -0.382 e. The number of carbonyl (C=O) groups is 1. The van der Waals surface area contributed by atoms with Crippen molar-refractivity contribution in [2.75, 3.05) is 31.2 Å². The van der Waals surface area contributed by atoms with Crippen LogP contribution in [0.25, 0.3) is 22.8 Å². The Morgan fingerprint density at radius 1 is 1.18 bits per heavy atom. The summed E-state index contributed by atoms with van der Waals surface area (Å²) < 4.78 is 7.07. The lowest BCUT2D eigenvalue weighted by Gasteiger charge is -2.16. The zero-order valence-electron chi connectivity index (χ0n) is 18.4. The first-order chi connectivity index (χ1) is 16.4. The molecule has 0 spiro atoms. The summed E-state index contributed by atoms with van der Waals surface area (Å²) in [5, 5.41) is 22.1. The predicted octanol–water partition coefficient (Wildman–Crippen LogP) is 1.13. The minimum atomic E-state index is -1.70. The summed E-state index contributed by atoms with van der Waals surface area (Å²) in [6.07, 6.45) is 3.70. The van der Waals surface area contributed by atoms with Gasteiger partial charge in [0, 0.05) is 45.0 Å². The van der Waals surface area contributed by atoms with E-state index >= 15 is 0 Å². The molecule has 1 fully saturated rings. The molecular formula is C22H23N9O3. The molecular weight excluding hydrogens is 438 g/mol. The van der Waals surface area contributed by atoms with Crippen LogP contribution in [0.3, 0.4) is 0 Å². The Bertz CT molecular complexity index is 1330. The third-order valence-corrected chi connectivity index (χ3v) is 5.64. The van der Waals surface area contributed by atoms with Gasteiger partial charge in [0.05, 0.1) is 23.6 Å². The summed E-state index contributed by atoms with van der Waals surface area (Å²) in [7, 11) is 1.64. The Labute approximate surface area is 194 Å². The number of aromatic nitrogens is 6. The van der Waals surface area contributed by atoms with E-state index in [0.29, 0.717) is 54.2 Å². The van der Waals surface area contributed by atoms with Crippen LogP contribution in [0, 0.1) is 0 Å². The van der Waals surface area contributed by atoms with Gasteiger partial charge in [0.2, 0.25) is 11.5 Å². The van der Waals surface area contributed by atoms with Crippen LogP contribution in [0.1, 0.15) is 12.2 Å². The highest BCUT2D eigenvalue weighted by Gasteiger charge is 2.48. The predicted molar refractivity (Wildman–Crippen MR) is 122 cm³/mol. The largest absolute Gasteiger partial charge is 0.382 e. The fraction of sp³-hybridized carbons (Fsp3) is 0.273. The van der Waals surface area contributed by atoms with Crippen molar-refractivity contribution in [3.63, 3.8) is 0 Å². The lowest BCUT2D eigenvalue weighted by molar-refractivity contribution is -0.144. The molecule has 0 bridgehead atoms. The Kier molecular flexibility index (Phi) is 5.42. The van der Waals surface area contributed by atoms with Crippen molar-refractivity contribution < 1.29 is 14.4 Å². The Hall–Kier alpha value is -4.32. The van der Waals surface area contributed by atoms with Crippen molar-refractivity contribution in [2.45, 2.75) is 18.6 Å². The van der Waals surface area contributed by atoms with E-state index in [1.807, 2.05) is 12.1 Å². The number of likely N-dealkylation sites (N-methyl/N-ethyl adjacent to an activating group) is 1. The number of amides is 1. The van der Waals surface area contributed by atoms with E-state index in [9.17, 15) is 9.90 Å². The van der Waals surface area contributed by atoms with E-state index < -0.39 is 11.5 Å². The normalized spacial score (nSPS) is 17.9. The van der Waals surface area contributed by atoms with Gasteiger partial charge in [0.25, 0.3) is 5.91 Å². The molecule has 5 rings (SSSR count). The molecule has 1 amide bonds. The van der Waals surface area contributed by atoms with E-state index in [4.69, 9.17) is 10.3 Å². The minimum absolute atomic E-state index is 0.108. The van der Waals surface area contributed by atoms with Crippen molar-refractivity contribution in [1.29, 1.82) is 0 Å². The van der Waals surface area contributed by atoms with E-state index in [-0.39, 0.29) is 12.2 Å². The summed E-state index contributed by atoms with van der Waals surface area (Å²) in [5.74, 6) is 0.630. The molecule has 1 saturated heterocycles. The van der Waals surface area contributed by atoms with Crippen LogP contribution in [-0.2, 0) is 16.9 Å². The number of nitrogens with zero attached hydrogens (tertiary/aromatic N) is 7. The standard InChI is InChI=1S/C22H23N9O3/c1-30-11-7-22(33,20(30)32)18-13-17(29-34-18)15-4-2-3-14(26-15)16-5-8-24-21(27-16)25-9-12-31-10-6-19(23)28-31/h2-6,8,10,13,33H,7,9,11-12H2,1H3,(H2,23,28)(H,24,25,27). The van der Waals surface area contributed by atoms with Crippen molar-refractivity contribution in [1.82, 2.24) is 34.8 Å². The maximum Gasteiger partial charge on any atom is 0.262 e. The lowest BCUT2D eigenvalue weighted by Crippen LogP contribution is -2.35. The van der Waals surface area contributed by atoms with Crippen LogP contribution >= 0.6 is 0 Å². The van der Waals surface area contributed by atoms with Gasteiger partial charge in [-0.1, -0.05) is 11.2 Å². The number of rotatable bonds is 7. The van der Waals surface area contributed by atoms with Crippen LogP contribution in [0.4, 0.5) is 11.8 Å². The molecule has 0 aliphatic carbocycles. The molecule has 5 heterocycles. The highest BCUT2D eigenvalue weighted by Crippen LogP contribution is 2.34. The molecule has 12 nitrogen and oxygen atoms in total. The second-order valence-corrected chi connectivity index (χ2v) is 8.02. The number of likely N-dealkylation sites (tertiary alicyclic amines) is 1. The molecule has 174 valence electrons. The molecule has 1 unspecified atom stereocenters. The molecule has 4 N–H and O–H groups in total. The fourth-order valence-electron chi connectivity index (χ4n) is 3.76. The van der Waals surface area contributed by atoms with Gasteiger partial charge in [-0.2, -0.15) is 5.10 Å². The van der Waals surface area contributed by atoms with Crippen molar-refractivity contribution in [2.24, 2.45) is 0 Å². The lowest BCUT2D eigenvalue weighted by atomic mass is 9.98. The van der Waals surface area contributed by atoms with E-state index in [1.165, 1.54) is 4.90 Å². The van der Waals surface area contributed by atoms with Crippen molar-refractivity contribution in [3.8, 4) is 22.8 Å². The molecule has 0 aromatic carbocycles. The summed E-state index contributed by atoms with van der Waals surface area (Å²) in [5.41, 5.74) is 6.10. The first-order valence-electron chi connectivity index (χ1n) is 10.7. The van der Waals surface area contributed by atoms with Gasteiger partial charge in [-0.3, -0.25) is 9.48 Å². The molecule has 4 aromatic rings. The third kappa shape index (κ3) is 4.06. The number of carbonyl (C=O) groups excluding carboxylic acids is 1. The Morgan fingerprint density at radius 3 is 2.71 bits per heavy atom. The van der Waals surface area contributed by atoms with Gasteiger partial charge in [0.15, 0.2) is 5.76 Å². The number of hydrogen-bond acceptors (Lipinski definition) is 10. The number of nitrogens with one attached hydrogen (secondary N) is 1. The third-order valence-electron chi connectivity index (χ3n) is 5.64. The second kappa shape index (κ2) is 8.56. The van der Waals surface area contributed by atoms with Crippen molar-refractivity contribution >= 4 is 17.7 Å². The summed E-state index contributed by atoms with van der Waals surface area (Å²) in [4.78, 5) is 27.2. The Morgan fingerprint density at radius 2 is 1.97 bits per heavy atom. The van der Waals surface area contributed by atoms with Crippen LogP contribution < -0.4 is 11.1 Å². The summed E-state index contributed by atoms with van der Waals surface area (Å²) in [6.45, 7) is 1.62. The monoisotopic (exact) mass is 461 g/mol. The van der Waals surface area contributed by atoms with Gasteiger partial charge >= 0.3 is 0 Å². The molecule has 1 atom stereocenters. The highest BCUT2D eigenvalue weighted by atomic mass is 16.5. The number of nitrogen functional groups attached to an aromatic ring is 1. The first kappa shape index (κ1) is 21.5. The molecule has 0 radical (unpaired) electrons. The van der Waals surface area contributed by atoms with Crippen LogP contribution in [-0.4, -0.2) is 65.9 Å². The van der Waals surface area contributed by atoms with E-state index in [1.54, 1.807) is 48.4 Å². The zero-order chi connectivity index (χ0) is 23.7. The highest BCUT2D eigenvalue weighted by molar-refractivity contribution is 5.87. The van der Waals surface area contributed by atoms with Gasteiger partial charge in [-0.15, -0.1) is 0 Å². The number of hydrogen-bond donors (Lipinski definition) is 3. The zero-order valence-corrected chi connectivity index (χ0v) is 18.4. The van der Waals surface area contributed by atoms with Crippen molar-refractivity contribution in [3.05, 3.63) is 54.6 Å². The quantitative estimate of drug-likeness (QED) is 0.364. The first-order valence-corrected chi connectivity index (χ1v) is 10.7. The number of pyridine rings is 1. The number of anilines is 2. The maximum absolute atomic E-state index is 12.3. The molecule has 34 heavy (non-hydrogen) atoms. The van der Waals surface area contributed by atoms with E-state index in [0.717, 1.165) is 0 Å². The fourth-order valence-corrected chi connectivity index (χ4v) is 3.76. The van der Waals surface area contributed by atoms with Gasteiger partial charge in [-0.25, -0.2) is 15.0 Å². The number of aliphatic hydroxyl groups is 1. The Balaban J connectivity index is 1.32. The molecule has 1 aliphatic heterocycles. The molecule has 4 aromatic heterocycles. The van der Waals surface area contributed by atoms with E-state index in [2.05, 4.69) is 30.5 Å². The van der Waals surface area contributed by atoms with Crippen LogP contribution in [0.5, 0.6) is 0 Å². The summed E-state index contributed by atoms with van der Waals surface area (Å²) in [6, 6.07) is 10.5. The molecule has 1 aliphatic rings. The molecule has 12 heteroatoms. The second-order valence-electron chi connectivity index (χ2n) is 8.02. The topological polar surface area (TPSA) is 161 Å². The van der Waals surface area contributed by atoms with Crippen LogP contribution in [0.2, 0.25) is 0 Å². The average molecular weight is 461 g/mol. The maximum atomic E-state index is 12.3. The van der Waals surface area contributed by atoms with Crippen LogP contribution in [0.15, 0.2) is 53.3 Å². The summed E-state index contributed by atoms with van der Waals surface area (Å²) >= 11 is 0. The SMILES string of the molecule is CN1CCC(O)(c2cc(-c3cccc(-c4ccnc(NCCn5ccc(N)n5)n4)n3)no2)C1=O. The molecule has 0 saturated carbocycles. The number of nitrogens with two attached hydrogens (primary N) is 1. The average Bonchev–Trinajstić information content (AvgIpc) is 3.57.